The molecule has 2 rings (SSSR count). The Morgan fingerprint density at radius 3 is 2.07 bits per heavy atom. The van der Waals surface area contributed by atoms with E-state index in [0.717, 1.165) is 31.7 Å². The molecule has 0 aliphatic carbocycles. The van der Waals surface area contributed by atoms with Crippen LogP contribution in [0, 0.1) is 0 Å². The number of hydrogen-bond donors (Lipinski definition) is 1. The lowest BCUT2D eigenvalue weighted by Crippen LogP contribution is -2.57. The van der Waals surface area contributed by atoms with Crippen LogP contribution in [0.2, 0.25) is 0 Å². The molecule has 0 radical (unpaired) electrons. The zero-order valence-electron chi connectivity index (χ0n) is 18.0. The molecule has 28 heavy (non-hydrogen) atoms. The minimum absolute atomic E-state index is 0.0484. The summed E-state index contributed by atoms with van der Waals surface area (Å²) in [6.45, 7) is 14.5. The number of carbonyl (C=O) groups is 2. The van der Waals surface area contributed by atoms with Crippen LogP contribution < -0.4 is 5.32 Å². The van der Waals surface area contributed by atoms with Gasteiger partial charge in [-0.15, -0.1) is 0 Å². The van der Waals surface area contributed by atoms with Crippen LogP contribution in [0.15, 0.2) is 30.3 Å². The number of hydrogen-bond acceptors (Lipinski definition) is 4. The van der Waals surface area contributed by atoms with Gasteiger partial charge in [-0.3, -0.25) is 19.4 Å². The first kappa shape index (κ1) is 22.4. The molecule has 6 heteroatoms. The van der Waals surface area contributed by atoms with Crippen molar-refractivity contribution >= 4 is 11.8 Å². The maximum Gasteiger partial charge on any atom is 0.240 e. The second kappa shape index (κ2) is 10.6. The molecule has 0 spiro atoms. The molecular formula is C22H36N4O2. The lowest BCUT2D eigenvalue weighted by atomic mass is 10.1. The van der Waals surface area contributed by atoms with Gasteiger partial charge in [-0.1, -0.05) is 30.3 Å². The molecule has 1 unspecified atom stereocenters. The molecule has 1 heterocycles. The van der Waals surface area contributed by atoms with Gasteiger partial charge in [0.15, 0.2) is 0 Å². The van der Waals surface area contributed by atoms with Crippen LogP contribution in [-0.4, -0.2) is 77.4 Å². The zero-order chi connectivity index (χ0) is 20.7. The zero-order valence-corrected chi connectivity index (χ0v) is 18.0. The monoisotopic (exact) mass is 388 g/mol. The van der Waals surface area contributed by atoms with E-state index in [1.807, 2.05) is 42.2 Å². The molecule has 156 valence electrons. The highest BCUT2D eigenvalue weighted by Gasteiger charge is 2.31. The lowest BCUT2D eigenvalue weighted by molar-refractivity contribution is -0.141. The predicted molar refractivity (Wildman–Crippen MR) is 113 cm³/mol. The molecule has 1 fully saturated rings. The molecule has 0 bridgehead atoms. The summed E-state index contributed by atoms with van der Waals surface area (Å²) in [5.74, 6) is 0.242. The number of carbonyl (C=O) groups excluding carboxylic acids is 2. The van der Waals surface area contributed by atoms with Crippen molar-refractivity contribution in [3.05, 3.63) is 35.9 Å². The van der Waals surface area contributed by atoms with E-state index in [4.69, 9.17) is 0 Å². The Kier molecular flexibility index (Phi) is 8.45. The molecule has 1 aliphatic heterocycles. The Morgan fingerprint density at radius 1 is 0.964 bits per heavy atom. The van der Waals surface area contributed by atoms with E-state index in [0.29, 0.717) is 13.1 Å². The number of piperazine rings is 1. The van der Waals surface area contributed by atoms with Gasteiger partial charge in [0.25, 0.3) is 0 Å². The van der Waals surface area contributed by atoms with Gasteiger partial charge in [0.05, 0.1) is 12.6 Å². The molecule has 1 aliphatic rings. The third kappa shape index (κ3) is 6.31. The predicted octanol–water partition coefficient (Wildman–Crippen LogP) is 1.95. The molecular weight excluding hydrogens is 352 g/mol. The van der Waals surface area contributed by atoms with E-state index >= 15 is 0 Å². The Bertz CT molecular complexity index is 617. The highest BCUT2D eigenvalue weighted by Crippen LogP contribution is 2.13. The van der Waals surface area contributed by atoms with Crippen molar-refractivity contribution in [3.8, 4) is 0 Å². The van der Waals surface area contributed by atoms with E-state index in [1.54, 1.807) is 0 Å². The van der Waals surface area contributed by atoms with Crippen molar-refractivity contribution < 1.29 is 9.59 Å². The van der Waals surface area contributed by atoms with Crippen LogP contribution in [0.5, 0.6) is 0 Å². The summed E-state index contributed by atoms with van der Waals surface area (Å²) in [4.78, 5) is 31.5. The first-order valence-electron chi connectivity index (χ1n) is 10.4. The number of rotatable bonds is 8. The van der Waals surface area contributed by atoms with Crippen LogP contribution in [0.25, 0.3) is 0 Å². The van der Waals surface area contributed by atoms with Crippen LogP contribution in [-0.2, 0) is 16.1 Å². The van der Waals surface area contributed by atoms with E-state index < -0.39 is 0 Å². The van der Waals surface area contributed by atoms with Crippen molar-refractivity contribution in [1.82, 2.24) is 20.0 Å². The summed E-state index contributed by atoms with van der Waals surface area (Å²) in [6.07, 6.45) is 0. The Labute approximate surface area is 169 Å². The molecule has 1 saturated heterocycles. The first-order chi connectivity index (χ1) is 13.3. The van der Waals surface area contributed by atoms with Crippen LogP contribution in [0.3, 0.4) is 0 Å². The number of amides is 2. The fourth-order valence-electron chi connectivity index (χ4n) is 3.84. The van der Waals surface area contributed by atoms with Gasteiger partial charge < -0.3 is 10.2 Å². The first-order valence-corrected chi connectivity index (χ1v) is 10.4. The molecule has 0 saturated carbocycles. The van der Waals surface area contributed by atoms with Gasteiger partial charge in [-0.25, -0.2) is 0 Å². The number of benzene rings is 1. The quantitative estimate of drug-likeness (QED) is 0.740. The van der Waals surface area contributed by atoms with Crippen molar-refractivity contribution in [2.75, 3.05) is 32.7 Å². The molecule has 1 N–H and O–H groups in total. The van der Waals surface area contributed by atoms with Gasteiger partial charge in [0.2, 0.25) is 11.8 Å². The van der Waals surface area contributed by atoms with Crippen LogP contribution >= 0.6 is 0 Å². The van der Waals surface area contributed by atoms with Crippen molar-refractivity contribution in [2.45, 2.75) is 59.3 Å². The lowest BCUT2D eigenvalue weighted by Gasteiger charge is -2.40. The average molecular weight is 389 g/mol. The minimum atomic E-state index is -0.126. The normalized spacial score (nSPS) is 17.0. The van der Waals surface area contributed by atoms with Crippen LogP contribution in [0.1, 0.15) is 40.2 Å². The number of nitrogens with one attached hydrogen (secondary N) is 1. The summed E-state index contributed by atoms with van der Waals surface area (Å²) in [5, 5.41) is 2.98. The van der Waals surface area contributed by atoms with Crippen molar-refractivity contribution in [3.63, 3.8) is 0 Å². The van der Waals surface area contributed by atoms with Gasteiger partial charge in [0, 0.05) is 44.8 Å². The second-order valence-electron chi connectivity index (χ2n) is 8.18. The SMILES string of the molecule is CC(C(=O)N(C(C)C)C(C)C)N1CCN(CC(=O)NCc2ccccc2)CC1. The van der Waals surface area contributed by atoms with E-state index in [1.165, 1.54) is 0 Å². The fraction of sp³-hybridized carbons (Fsp3) is 0.636. The summed E-state index contributed by atoms with van der Waals surface area (Å²) in [7, 11) is 0. The smallest absolute Gasteiger partial charge is 0.240 e. The second-order valence-corrected chi connectivity index (χ2v) is 8.18. The third-order valence-electron chi connectivity index (χ3n) is 5.38. The van der Waals surface area contributed by atoms with Gasteiger partial charge >= 0.3 is 0 Å². The molecule has 1 aromatic carbocycles. The van der Waals surface area contributed by atoms with E-state index in [2.05, 4.69) is 42.8 Å². The molecule has 2 amide bonds. The van der Waals surface area contributed by atoms with Crippen LogP contribution in [0.4, 0.5) is 0 Å². The highest BCUT2D eigenvalue weighted by atomic mass is 16.2. The standard InChI is InChI=1S/C22H36N4O2/c1-17(2)26(18(3)4)22(28)19(5)25-13-11-24(12-14-25)16-21(27)23-15-20-9-7-6-8-10-20/h6-10,17-19H,11-16H2,1-5H3,(H,23,27). The molecule has 1 atom stereocenters. The molecule has 6 nitrogen and oxygen atoms in total. The highest BCUT2D eigenvalue weighted by molar-refractivity contribution is 5.82. The number of nitrogens with zero attached hydrogens (tertiary/aromatic N) is 3. The summed E-state index contributed by atoms with van der Waals surface area (Å²) >= 11 is 0. The molecule has 0 aromatic heterocycles. The summed E-state index contributed by atoms with van der Waals surface area (Å²) in [6, 6.07) is 10.2. The topological polar surface area (TPSA) is 55.9 Å². The Morgan fingerprint density at radius 2 is 1.54 bits per heavy atom. The Hall–Kier alpha value is -1.92. The van der Waals surface area contributed by atoms with E-state index in [9.17, 15) is 9.59 Å². The van der Waals surface area contributed by atoms with Gasteiger partial charge in [-0.05, 0) is 40.2 Å². The minimum Gasteiger partial charge on any atom is -0.351 e. The maximum atomic E-state index is 12.9. The molecule has 1 aromatic rings. The Balaban J connectivity index is 1.77. The largest absolute Gasteiger partial charge is 0.351 e. The summed E-state index contributed by atoms with van der Waals surface area (Å²) < 4.78 is 0. The maximum absolute atomic E-state index is 12.9. The van der Waals surface area contributed by atoms with Crippen molar-refractivity contribution in [2.24, 2.45) is 0 Å². The van der Waals surface area contributed by atoms with Gasteiger partial charge in [-0.2, -0.15) is 0 Å². The van der Waals surface area contributed by atoms with Crippen molar-refractivity contribution in [1.29, 1.82) is 0 Å². The fourth-order valence-corrected chi connectivity index (χ4v) is 3.84. The van der Waals surface area contributed by atoms with E-state index in [-0.39, 0.29) is 29.9 Å². The third-order valence-corrected chi connectivity index (χ3v) is 5.38. The summed E-state index contributed by atoms with van der Waals surface area (Å²) in [5.41, 5.74) is 1.10. The van der Waals surface area contributed by atoms with Gasteiger partial charge in [0.1, 0.15) is 0 Å². The average Bonchev–Trinajstić information content (AvgIpc) is 2.66.